The predicted octanol–water partition coefficient (Wildman–Crippen LogP) is 3.28. The van der Waals surface area contributed by atoms with Crippen LogP contribution in [0.15, 0.2) is 30.5 Å². The first-order chi connectivity index (χ1) is 13.6. The molecule has 2 aromatic heterocycles. The number of aryl methyl sites for hydroxylation is 1. The second kappa shape index (κ2) is 8.22. The molecule has 1 N–H and O–H groups in total. The van der Waals surface area contributed by atoms with E-state index in [2.05, 4.69) is 15.3 Å². The van der Waals surface area contributed by atoms with E-state index in [-0.39, 0.29) is 18.4 Å². The van der Waals surface area contributed by atoms with Gasteiger partial charge in [0.25, 0.3) is 0 Å². The van der Waals surface area contributed by atoms with Crippen molar-refractivity contribution in [2.24, 2.45) is 0 Å². The zero-order valence-electron chi connectivity index (χ0n) is 15.7. The number of rotatable bonds is 5. The summed E-state index contributed by atoms with van der Waals surface area (Å²) >= 11 is 1.41. The van der Waals surface area contributed by atoms with Gasteiger partial charge in [-0.15, -0.1) is 0 Å². The van der Waals surface area contributed by atoms with Gasteiger partial charge < -0.3 is 19.5 Å². The summed E-state index contributed by atoms with van der Waals surface area (Å²) in [7, 11) is 1.61. The number of carbonyl (C=O) groups excluding carboxylic acids is 1. The van der Waals surface area contributed by atoms with Crippen LogP contribution in [0.1, 0.15) is 22.9 Å². The van der Waals surface area contributed by atoms with E-state index in [1.54, 1.807) is 13.3 Å². The molecule has 8 heteroatoms. The highest BCUT2D eigenvalue weighted by atomic mass is 32.1. The molecular weight excluding hydrogens is 378 g/mol. The Bertz CT molecular complexity index is 981. The molecule has 1 unspecified atom stereocenters. The van der Waals surface area contributed by atoms with E-state index in [1.807, 2.05) is 31.2 Å². The van der Waals surface area contributed by atoms with Gasteiger partial charge in [-0.3, -0.25) is 9.78 Å². The molecule has 0 spiro atoms. The number of fused-ring (bicyclic) bond motifs is 1. The van der Waals surface area contributed by atoms with Crippen LogP contribution in [0.4, 0.5) is 5.13 Å². The van der Waals surface area contributed by atoms with Crippen LogP contribution in [0.25, 0.3) is 10.2 Å². The molecule has 1 aliphatic rings. The molecule has 3 aromatic rings. The molecule has 1 fully saturated rings. The Morgan fingerprint density at radius 1 is 1.32 bits per heavy atom. The minimum Gasteiger partial charge on any atom is -0.494 e. The zero-order chi connectivity index (χ0) is 19.5. The first kappa shape index (κ1) is 18.8. The Morgan fingerprint density at radius 3 is 2.93 bits per heavy atom. The van der Waals surface area contributed by atoms with Gasteiger partial charge in [0.1, 0.15) is 17.4 Å². The molecule has 146 valence electrons. The summed E-state index contributed by atoms with van der Waals surface area (Å²) in [6.45, 7) is 3.58. The molecule has 0 saturated carbocycles. The first-order valence-electron chi connectivity index (χ1n) is 9.02. The third kappa shape index (κ3) is 3.99. The van der Waals surface area contributed by atoms with Crippen LogP contribution in [-0.2, 0) is 20.7 Å². The van der Waals surface area contributed by atoms with E-state index in [9.17, 15) is 4.79 Å². The number of methoxy groups -OCH3 is 1. The Kier molecular flexibility index (Phi) is 5.52. The topological polar surface area (TPSA) is 82.6 Å². The number of aromatic nitrogens is 2. The van der Waals surface area contributed by atoms with Gasteiger partial charge in [0, 0.05) is 17.5 Å². The average molecular weight is 399 g/mol. The Morgan fingerprint density at radius 2 is 2.21 bits per heavy atom. The van der Waals surface area contributed by atoms with Crippen molar-refractivity contribution >= 4 is 32.6 Å². The molecule has 0 aliphatic carbocycles. The first-order valence-corrected chi connectivity index (χ1v) is 9.84. The van der Waals surface area contributed by atoms with Crippen LogP contribution in [0.2, 0.25) is 0 Å². The molecule has 1 atom stereocenters. The highest BCUT2D eigenvalue weighted by Crippen LogP contribution is 2.39. The van der Waals surface area contributed by atoms with Gasteiger partial charge >= 0.3 is 0 Å². The minimum absolute atomic E-state index is 0.137. The normalized spacial score (nSPS) is 16.9. The van der Waals surface area contributed by atoms with E-state index in [1.165, 1.54) is 11.3 Å². The van der Waals surface area contributed by atoms with E-state index < -0.39 is 0 Å². The third-order valence-corrected chi connectivity index (χ3v) is 5.52. The van der Waals surface area contributed by atoms with E-state index in [0.717, 1.165) is 21.5 Å². The highest BCUT2D eigenvalue weighted by molar-refractivity contribution is 7.22. The van der Waals surface area contributed by atoms with Crippen LogP contribution in [-0.4, -0.2) is 42.8 Å². The molecule has 28 heavy (non-hydrogen) atoms. The largest absolute Gasteiger partial charge is 0.494 e. The lowest BCUT2D eigenvalue weighted by Crippen LogP contribution is -2.21. The lowest BCUT2D eigenvalue weighted by molar-refractivity contribution is -0.115. The lowest BCUT2D eigenvalue weighted by atomic mass is 10.1. The molecule has 3 heterocycles. The number of amides is 1. The average Bonchev–Trinajstić information content (AvgIpc) is 3.13. The van der Waals surface area contributed by atoms with Gasteiger partial charge in [-0.05, 0) is 24.6 Å². The second-order valence-electron chi connectivity index (χ2n) is 6.52. The van der Waals surface area contributed by atoms with E-state index >= 15 is 0 Å². The van der Waals surface area contributed by atoms with Gasteiger partial charge in [-0.2, -0.15) is 0 Å². The Balaban J connectivity index is 1.58. The molecule has 1 amide bonds. The molecule has 0 radical (unpaired) electrons. The van der Waals surface area contributed by atoms with Crippen molar-refractivity contribution in [3.8, 4) is 5.75 Å². The summed E-state index contributed by atoms with van der Waals surface area (Å²) in [6, 6.07) is 7.65. The fourth-order valence-electron chi connectivity index (χ4n) is 3.09. The van der Waals surface area contributed by atoms with Crippen molar-refractivity contribution in [1.29, 1.82) is 0 Å². The van der Waals surface area contributed by atoms with Crippen molar-refractivity contribution in [2.75, 3.05) is 32.2 Å². The quantitative estimate of drug-likeness (QED) is 0.709. The fraction of sp³-hybridized carbons (Fsp3) is 0.350. The van der Waals surface area contributed by atoms with Crippen molar-refractivity contribution in [1.82, 2.24) is 9.97 Å². The lowest BCUT2D eigenvalue weighted by Gasteiger charge is -2.23. The van der Waals surface area contributed by atoms with Crippen LogP contribution in [0, 0.1) is 6.92 Å². The van der Waals surface area contributed by atoms with Gasteiger partial charge in [-0.25, -0.2) is 4.98 Å². The number of hydrogen-bond acceptors (Lipinski definition) is 7. The standard InChI is InChI=1S/C20H21N3O4S/c1-12-3-4-13(10-21-12)9-17(24)22-20-23-18-15(25-2)6-5-14(19(18)28-20)16-11-26-7-8-27-16/h3-6,10,16H,7-9,11H2,1-2H3,(H,22,23,24). The molecular formula is C20H21N3O4S. The minimum atomic E-state index is -0.148. The van der Waals surface area contributed by atoms with Gasteiger partial charge in [-0.1, -0.05) is 23.5 Å². The van der Waals surface area contributed by atoms with Crippen molar-refractivity contribution in [3.63, 3.8) is 0 Å². The van der Waals surface area contributed by atoms with Crippen LogP contribution >= 0.6 is 11.3 Å². The Labute approximate surface area is 166 Å². The van der Waals surface area contributed by atoms with Crippen molar-refractivity contribution in [2.45, 2.75) is 19.4 Å². The maximum absolute atomic E-state index is 12.4. The van der Waals surface area contributed by atoms with Gasteiger partial charge in [0.2, 0.25) is 5.91 Å². The zero-order valence-corrected chi connectivity index (χ0v) is 16.5. The highest BCUT2D eigenvalue weighted by Gasteiger charge is 2.23. The molecule has 1 aliphatic heterocycles. The number of hydrogen-bond donors (Lipinski definition) is 1. The number of nitrogens with zero attached hydrogens (tertiary/aromatic N) is 2. The number of carbonyl (C=O) groups is 1. The summed E-state index contributed by atoms with van der Waals surface area (Å²) in [6.07, 6.45) is 1.81. The molecule has 1 aromatic carbocycles. The number of anilines is 1. The maximum atomic E-state index is 12.4. The van der Waals surface area contributed by atoms with E-state index in [0.29, 0.717) is 36.2 Å². The van der Waals surface area contributed by atoms with Gasteiger partial charge in [0.15, 0.2) is 5.13 Å². The number of benzene rings is 1. The van der Waals surface area contributed by atoms with Crippen LogP contribution in [0.5, 0.6) is 5.75 Å². The number of ether oxygens (including phenoxy) is 3. The summed E-state index contributed by atoms with van der Waals surface area (Å²) in [4.78, 5) is 21.2. The smallest absolute Gasteiger partial charge is 0.230 e. The molecule has 4 rings (SSSR count). The van der Waals surface area contributed by atoms with Crippen LogP contribution < -0.4 is 10.1 Å². The summed E-state index contributed by atoms with van der Waals surface area (Å²) in [5.74, 6) is 0.525. The maximum Gasteiger partial charge on any atom is 0.230 e. The number of pyridine rings is 1. The molecule has 7 nitrogen and oxygen atoms in total. The monoisotopic (exact) mass is 399 g/mol. The summed E-state index contributed by atoms with van der Waals surface area (Å²) < 4.78 is 17.8. The SMILES string of the molecule is COc1ccc(C2COCCO2)c2sc(NC(=O)Cc3ccc(C)nc3)nc12. The van der Waals surface area contributed by atoms with Gasteiger partial charge in [0.05, 0.1) is 38.1 Å². The Hall–Kier alpha value is -2.55. The second-order valence-corrected chi connectivity index (χ2v) is 7.52. The van der Waals surface area contributed by atoms with Crippen molar-refractivity contribution < 1.29 is 19.0 Å². The fourth-order valence-corrected chi connectivity index (χ4v) is 4.15. The van der Waals surface area contributed by atoms with Crippen molar-refractivity contribution in [3.05, 3.63) is 47.3 Å². The van der Waals surface area contributed by atoms with Crippen LogP contribution in [0.3, 0.4) is 0 Å². The predicted molar refractivity (Wildman–Crippen MR) is 107 cm³/mol. The number of nitrogens with one attached hydrogen (secondary N) is 1. The van der Waals surface area contributed by atoms with E-state index in [4.69, 9.17) is 14.2 Å². The molecule has 0 bridgehead atoms. The summed E-state index contributed by atoms with van der Waals surface area (Å²) in [5, 5.41) is 3.42. The summed E-state index contributed by atoms with van der Waals surface area (Å²) in [5.41, 5.74) is 3.49. The third-order valence-electron chi connectivity index (χ3n) is 4.50. The number of thiazole rings is 1. The molecule has 1 saturated heterocycles.